The van der Waals surface area contributed by atoms with Gasteiger partial charge in [-0.25, -0.2) is 13.2 Å². The summed E-state index contributed by atoms with van der Waals surface area (Å²) in [6.07, 6.45) is 2.21. The van der Waals surface area contributed by atoms with E-state index in [1.54, 1.807) is 30.3 Å². The zero-order valence-corrected chi connectivity index (χ0v) is 19.1. The van der Waals surface area contributed by atoms with E-state index in [1.165, 1.54) is 7.11 Å². The van der Waals surface area contributed by atoms with Gasteiger partial charge in [-0.1, -0.05) is 12.1 Å². The Balaban J connectivity index is 1.44. The predicted molar refractivity (Wildman–Crippen MR) is 120 cm³/mol. The molecule has 0 amide bonds. The molecular formula is C24H23NO7S. The van der Waals surface area contributed by atoms with E-state index >= 15 is 0 Å². The van der Waals surface area contributed by atoms with Gasteiger partial charge in [0.1, 0.15) is 18.2 Å². The molecular weight excluding hydrogens is 446 g/mol. The molecule has 1 fully saturated rings. The average Bonchev–Trinajstić information content (AvgIpc) is 3.33. The van der Waals surface area contributed by atoms with Gasteiger partial charge in [-0.2, -0.15) is 0 Å². The Labute approximate surface area is 191 Å². The van der Waals surface area contributed by atoms with Gasteiger partial charge in [0.2, 0.25) is 5.78 Å². The Morgan fingerprint density at radius 2 is 2.00 bits per heavy atom. The molecule has 0 radical (unpaired) electrons. The number of allylic oxidation sites excluding steroid dienone is 1. The number of rotatable bonds is 3. The highest BCUT2D eigenvalue weighted by molar-refractivity contribution is 7.91. The predicted octanol–water partition coefficient (Wildman–Crippen LogP) is 2.74. The van der Waals surface area contributed by atoms with Crippen LogP contribution >= 0.6 is 0 Å². The highest BCUT2D eigenvalue weighted by Crippen LogP contribution is 2.44. The summed E-state index contributed by atoms with van der Waals surface area (Å²) >= 11 is 0. The lowest BCUT2D eigenvalue weighted by Crippen LogP contribution is -2.41. The zero-order chi connectivity index (χ0) is 23.3. The number of hydrogen-bond donors (Lipinski definition) is 0. The Morgan fingerprint density at radius 3 is 2.67 bits per heavy atom. The summed E-state index contributed by atoms with van der Waals surface area (Å²) in [6.45, 7) is 2.59. The molecule has 3 aliphatic heterocycles. The minimum atomic E-state index is -3.02. The summed E-state index contributed by atoms with van der Waals surface area (Å²) in [5.41, 5.74) is 3.13. The molecule has 0 aromatic heterocycles. The van der Waals surface area contributed by atoms with Crippen LogP contribution in [0.25, 0.3) is 6.08 Å². The molecule has 9 heteroatoms. The number of hydrogen-bond acceptors (Lipinski definition) is 8. The molecule has 0 bridgehead atoms. The van der Waals surface area contributed by atoms with Crippen LogP contribution in [-0.2, 0) is 21.1 Å². The van der Waals surface area contributed by atoms with Gasteiger partial charge in [0.15, 0.2) is 15.6 Å². The standard InChI is InChI=1S/C24H23NO7S/c1-14-9-19-18(11-25(13-31-19)17-7-8-33(28,29)12-17)23-21(14)22(26)20(32-23)10-15-3-5-16(6-4-15)24(27)30-2/h3-6,9-10,17H,7-8,11-13H2,1-2H3/b20-10-. The molecule has 2 aromatic rings. The summed E-state index contributed by atoms with van der Waals surface area (Å²) in [6, 6.07) is 8.41. The van der Waals surface area contributed by atoms with Gasteiger partial charge >= 0.3 is 5.97 Å². The molecule has 1 unspecified atom stereocenters. The summed E-state index contributed by atoms with van der Waals surface area (Å²) in [5.74, 6) is 0.959. The number of benzene rings is 2. The molecule has 1 atom stereocenters. The number of esters is 1. The SMILES string of the molecule is COC(=O)c1ccc(/C=C2\Oc3c4c(cc(C)c3C2=O)OCN(C2CCS(=O)(=O)C2)C4)cc1. The summed E-state index contributed by atoms with van der Waals surface area (Å²) in [4.78, 5) is 26.8. The first-order chi connectivity index (χ1) is 15.8. The Bertz CT molecular complexity index is 1300. The molecule has 172 valence electrons. The van der Waals surface area contributed by atoms with Crippen molar-refractivity contribution in [3.05, 3.63) is 63.9 Å². The summed E-state index contributed by atoms with van der Waals surface area (Å²) < 4.78 is 40.5. The molecule has 0 aliphatic carbocycles. The van der Waals surface area contributed by atoms with Crippen molar-refractivity contribution in [2.75, 3.05) is 25.3 Å². The maximum Gasteiger partial charge on any atom is 0.337 e. The number of carbonyl (C=O) groups is 2. The lowest BCUT2D eigenvalue weighted by Gasteiger charge is -2.33. The van der Waals surface area contributed by atoms with Gasteiger partial charge in [-0.3, -0.25) is 9.69 Å². The topological polar surface area (TPSA) is 99.2 Å². The fourth-order valence-corrected chi connectivity index (χ4v) is 6.29. The van der Waals surface area contributed by atoms with E-state index in [0.717, 1.165) is 11.1 Å². The molecule has 33 heavy (non-hydrogen) atoms. The molecule has 3 aliphatic rings. The quantitative estimate of drug-likeness (QED) is 0.500. The fraction of sp³-hybridized carbons (Fsp3) is 0.333. The number of ether oxygens (including phenoxy) is 3. The second-order valence-corrected chi connectivity index (χ2v) is 10.7. The first kappa shape index (κ1) is 21.7. The minimum absolute atomic E-state index is 0.111. The first-order valence-electron chi connectivity index (χ1n) is 10.6. The number of methoxy groups -OCH3 is 1. The van der Waals surface area contributed by atoms with Crippen molar-refractivity contribution in [3.63, 3.8) is 0 Å². The molecule has 2 aromatic carbocycles. The van der Waals surface area contributed by atoms with Crippen molar-refractivity contribution in [2.24, 2.45) is 0 Å². The average molecular weight is 470 g/mol. The van der Waals surface area contributed by atoms with Crippen molar-refractivity contribution >= 4 is 27.7 Å². The molecule has 3 heterocycles. The molecule has 5 rings (SSSR count). The van der Waals surface area contributed by atoms with Crippen LogP contribution in [0.5, 0.6) is 11.5 Å². The van der Waals surface area contributed by atoms with E-state index in [1.807, 2.05) is 17.9 Å². The van der Waals surface area contributed by atoms with Crippen LogP contribution in [-0.4, -0.2) is 56.5 Å². The van der Waals surface area contributed by atoms with Crippen LogP contribution in [0, 0.1) is 6.92 Å². The monoisotopic (exact) mass is 469 g/mol. The third kappa shape index (κ3) is 3.91. The first-order valence-corrected chi connectivity index (χ1v) is 12.4. The Morgan fingerprint density at radius 1 is 1.24 bits per heavy atom. The van der Waals surface area contributed by atoms with Gasteiger partial charge in [0.05, 0.1) is 35.3 Å². The molecule has 0 saturated carbocycles. The maximum absolute atomic E-state index is 13.2. The minimum Gasteiger partial charge on any atom is -0.478 e. The van der Waals surface area contributed by atoms with Crippen LogP contribution in [0.4, 0.5) is 0 Å². The normalized spacial score (nSPS) is 22.4. The van der Waals surface area contributed by atoms with Crippen molar-refractivity contribution in [1.82, 2.24) is 4.90 Å². The van der Waals surface area contributed by atoms with E-state index in [4.69, 9.17) is 14.2 Å². The van der Waals surface area contributed by atoms with Crippen LogP contribution in [0.1, 0.15) is 43.8 Å². The van der Waals surface area contributed by atoms with E-state index in [0.29, 0.717) is 47.9 Å². The van der Waals surface area contributed by atoms with E-state index < -0.39 is 15.8 Å². The van der Waals surface area contributed by atoms with Crippen LogP contribution in [0.3, 0.4) is 0 Å². The van der Waals surface area contributed by atoms with Gasteiger partial charge < -0.3 is 14.2 Å². The largest absolute Gasteiger partial charge is 0.478 e. The number of carbonyl (C=O) groups excluding carboxylic acids is 2. The van der Waals surface area contributed by atoms with Crippen molar-refractivity contribution in [3.8, 4) is 11.5 Å². The summed E-state index contributed by atoms with van der Waals surface area (Å²) in [5, 5.41) is 0. The molecule has 0 spiro atoms. The molecule has 0 N–H and O–H groups in total. The third-order valence-electron chi connectivity index (χ3n) is 6.30. The Hall–Kier alpha value is -3.17. The van der Waals surface area contributed by atoms with Gasteiger partial charge in [-0.05, 0) is 48.7 Å². The second kappa shape index (κ2) is 8.00. The van der Waals surface area contributed by atoms with Crippen LogP contribution < -0.4 is 9.47 Å². The van der Waals surface area contributed by atoms with E-state index in [9.17, 15) is 18.0 Å². The molecule has 8 nitrogen and oxygen atoms in total. The maximum atomic E-state index is 13.2. The number of sulfone groups is 1. The van der Waals surface area contributed by atoms with Crippen molar-refractivity contribution in [2.45, 2.75) is 25.9 Å². The van der Waals surface area contributed by atoms with E-state index in [-0.39, 0.29) is 29.1 Å². The van der Waals surface area contributed by atoms with E-state index in [2.05, 4.69) is 0 Å². The lowest BCUT2D eigenvalue weighted by molar-refractivity contribution is 0.0600. The molecule has 1 saturated heterocycles. The van der Waals surface area contributed by atoms with Gasteiger partial charge in [0.25, 0.3) is 0 Å². The van der Waals surface area contributed by atoms with Gasteiger partial charge in [0, 0.05) is 12.6 Å². The number of ketones is 1. The number of aryl methyl sites for hydroxylation is 1. The van der Waals surface area contributed by atoms with Crippen molar-refractivity contribution in [1.29, 1.82) is 0 Å². The smallest absolute Gasteiger partial charge is 0.337 e. The third-order valence-corrected chi connectivity index (χ3v) is 8.06. The lowest BCUT2D eigenvalue weighted by atomic mass is 9.98. The fourth-order valence-electron chi connectivity index (χ4n) is 4.53. The Kier molecular flexibility index (Phi) is 5.25. The number of nitrogens with zero attached hydrogens (tertiary/aromatic N) is 1. The van der Waals surface area contributed by atoms with Crippen molar-refractivity contribution < 1.29 is 32.2 Å². The van der Waals surface area contributed by atoms with Crippen LogP contribution in [0.2, 0.25) is 0 Å². The van der Waals surface area contributed by atoms with Gasteiger partial charge in [-0.15, -0.1) is 0 Å². The highest BCUT2D eigenvalue weighted by atomic mass is 32.2. The summed E-state index contributed by atoms with van der Waals surface area (Å²) in [7, 11) is -1.70. The number of fused-ring (bicyclic) bond motifs is 3. The van der Waals surface area contributed by atoms with Crippen LogP contribution in [0.15, 0.2) is 36.1 Å². The highest BCUT2D eigenvalue weighted by Gasteiger charge is 2.39. The zero-order valence-electron chi connectivity index (χ0n) is 18.3. The second-order valence-electron chi connectivity index (χ2n) is 8.50. The number of Topliss-reactive ketones (excluding diaryl/α,β-unsaturated/α-hetero) is 1.